The summed E-state index contributed by atoms with van der Waals surface area (Å²) in [6, 6.07) is 4.03. The molecule has 98 valence electrons. The highest BCUT2D eigenvalue weighted by atomic mass is 16.5. The molecule has 0 aromatic carbocycles. The van der Waals surface area contributed by atoms with Gasteiger partial charge in [0.25, 0.3) is 0 Å². The average Bonchev–Trinajstić information content (AvgIpc) is 2.91. The molecule has 2 rings (SSSR count). The summed E-state index contributed by atoms with van der Waals surface area (Å²) in [6.45, 7) is 2.76. The minimum atomic E-state index is 0.119. The van der Waals surface area contributed by atoms with Crippen LogP contribution in [0, 0.1) is 5.92 Å². The van der Waals surface area contributed by atoms with Crippen LogP contribution in [0.3, 0.4) is 0 Å². The normalized spacial score (nSPS) is 19.3. The Morgan fingerprint density at radius 2 is 2.28 bits per heavy atom. The molecular formula is C14H20N2O2. The first kappa shape index (κ1) is 13.2. The standard InChI is InChI=1S/C14H20N2O2/c1-16(8-4-12-2-6-15-7-3-12)10-14(17)13-5-9-18-11-13/h2-3,6-7,13H,4-5,8-11H2,1H3. The van der Waals surface area contributed by atoms with Gasteiger partial charge in [-0.1, -0.05) is 0 Å². The molecule has 0 saturated carbocycles. The average molecular weight is 248 g/mol. The Hall–Kier alpha value is -1.26. The second-order valence-corrected chi connectivity index (χ2v) is 4.87. The molecule has 1 aromatic heterocycles. The predicted molar refractivity (Wildman–Crippen MR) is 69.4 cm³/mol. The Labute approximate surface area is 108 Å². The van der Waals surface area contributed by atoms with E-state index in [2.05, 4.69) is 9.88 Å². The van der Waals surface area contributed by atoms with E-state index in [9.17, 15) is 4.79 Å². The number of carbonyl (C=O) groups excluding carboxylic acids is 1. The first-order valence-corrected chi connectivity index (χ1v) is 6.43. The van der Waals surface area contributed by atoms with Gasteiger partial charge in [-0.25, -0.2) is 0 Å². The van der Waals surface area contributed by atoms with Crippen molar-refractivity contribution in [3.63, 3.8) is 0 Å². The first-order valence-electron chi connectivity index (χ1n) is 6.43. The Morgan fingerprint density at radius 3 is 2.94 bits per heavy atom. The third-order valence-electron chi connectivity index (χ3n) is 3.34. The lowest BCUT2D eigenvalue weighted by Gasteiger charge is -2.17. The molecule has 0 N–H and O–H groups in total. The second kappa shape index (κ2) is 6.61. The van der Waals surface area contributed by atoms with Gasteiger partial charge in [0.2, 0.25) is 0 Å². The topological polar surface area (TPSA) is 42.4 Å². The lowest BCUT2D eigenvalue weighted by atomic mass is 10.0. The van der Waals surface area contributed by atoms with Crippen LogP contribution in [0.25, 0.3) is 0 Å². The van der Waals surface area contributed by atoms with E-state index < -0.39 is 0 Å². The summed E-state index contributed by atoms with van der Waals surface area (Å²) in [6.07, 6.45) is 5.44. The molecule has 1 aliphatic heterocycles. The Morgan fingerprint density at radius 1 is 1.50 bits per heavy atom. The van der Waals surface area contributed by atoms with Gasteiger partial charge in [0.1, 0.15) is 0 Å². The molecule has 1 unspecified atom stereocenters. The minimum absolute atomic E-state index is 0.119. The highest BCUT2D eigenvalue weighted by Gasteiger charge is 2.23. The van der Waals surface area contributed by atoms with Gasteiger partial charge < -0.3 is 4.74 Å². The zero-order valence-corrected chi connectivity index (χ0v) is 10.8. The lowest BCUT2D eigenvalue weighted by Crippen LogP contribution is -2.32. The Bertz CT molecular complexity index is 375. The molecule has 1 atom stereocenters. The molecule has 1 aromatic rings. The van der Waals surface area contributed by atoms with Gasteiger partial charge in [-0.3, -0.25) is 14.7 Å². The third kappa shape index (κ3) is 3.89. The quantitative estimate of drug-likeness (QED) is 0.757. The van der Waals surface area contributed by atoms with Crippen LogP contribution in [0.4, 0.5) is 0 Å². The van der Waals surface area contributed by atoms with E-state index in [0.29, 0.717) is 18.9 Å². The third-order valence-corrected chi connectivity index (χ3v) is 3.34. The largest absolute Gasteiger partial charge is 0.381 e. The number of pyridine rings is 1. The maximum atomic E-state index is 11.9. The molecule has 18 heavy (non-hydrogen) atoms. The van der Waals surface area contributed by atoms with Crippen molar-refractivity contribution in [1.82, 2.24) is 9.88 Å². The van der Waals surface area contributed by atoms with Crippen molar-refractivity contribution in [3.05, 3.63) is 30.1 Å². The highest BCUT2D eigenvalue weighted by molar-refractivity contribution is 5.83. The van der Waals surface area contributed by atoms with Crippen LogP contribution in [0.2, 0.25) is 0 Å². The van der Waals surface area contributed by atoms with Gasteiger partial charge >= 0.3 is 0 Å². The molecule has 1 aliphatic rings. The van der Waals surface area contributed by atoms with Crippen molar-refractivity contribution >= 4 is 5.78 Å². The molecule has 4 heteroatoms. The highest BCUT2D eigenvalue weighted by Crippen LogP contribution is 2.13. The Kier molecular flexibility index (Phi) is 4.84. The summed E-state index contributed by atoms with van der Waals surface area (Å²) in [5.74, 6) is 0.429. The first-order chi connectivity index (χ1) is 8.75. The van der Waals surface area contributed by atoms with E-state index in [1.165, 1.54) is 5.56 Å². The molecule has 2 heterocycles. The fraction of sp³-hybridized carbons (Fsp3) is 0.571. The maximum Gasteiger partial charge on any atom is 0.152 e. The SMILES string of the molecule is CN(CCc1ccncc1)CC(=O)C1CCOC1. The smallest absolute Gasteiger partial charge is 0.152 e. The summed E-state index contributed by atoms with van der Waals surface area (Å²) < 4.78 is 5.24. The van der Waals surface area contributed by atoms with Crippen molar-refractivity contribution in [2.75, 3.05) is 33.4 Å². The van der Waals surface area contributed by atoms with E-state index in [0.717, 1.165) is 26.0 Å². The van der Waals surface area contributed by atoms with E-state index in [-0.39, 0.29) is 5.92 Å². The number of ether oxygens (including phenoxy) is 1. The van der Waals surface area contributed by atoms with Gasteiger partial charge in [0.15, 0.2) is 5.78 Å². The molecule has 1 fully saturated rings. The molecule has 0 aliphatic carbocycles. The number of likely N-dealkylation sites (N-methyl/N-ethyl adjacent to an activating group) is 1. The van der Waals surface area contributed by atoms with E-state index in [1.807, 2.05) is 19.2 Å². The van der Waals surface area contributed by atoms with Crippen molar-refractivity contribution in [1.29, 1.82) is 0 Å². The summed E-state index contributed by atoms with van der Waals surface area (Å²) in [4.78, 5) is 18.0. The maximum absolute atomic E-state index is 11.9. The number of rotatable bonds is 6. The van der Waals surface area contributed by atoms with Crippen LogP contribution in [0.15, 0.2) is 24.5 Å². The summed E-state index contributed by atoms with van der Waals surface area (Å²) in [7, 11) is 1.99. The monoisotopic (exact) mass is 248 g/mol. The minimum Gasteiger partial charge on any atom is -0.381 e. The van der Waals surface area contributed by atoms with Gasteiger partial charge in [-0.05, 0) is 37.6 Å². The van der Waals surface area contributed by atoms with E-state index in [1.54, 1.807) is 12.4 Å². The number of hydrogen-bond acceptors (Lipinski definition) is 4. The molecule has 0 bridgehead atoms. The van der Waals surface area contributed by atoms with Crippen LogP contribution in [0.1, 0.15) is 12.0 Å². The summed E-state index contributed by atoms with van der Waals surface area (Å²) in [5.41, 5.74) is 1.26. The van der Waals surface area contributed by atoms with Crippen LogP contribution < -0.4 is 0 Å². The van der Waals surface area contributed by atoms with Crippen molar-refractivity contribution in [3.8, 4) is 0 Å². The fourth-order valence-corrected chi connectivity index (χ4v) is 2.13. The number of Topliss-reactive ketones (excluding diaryl/α,β-unsaturated/α-hetero) is 1. The number of hydrogen-bond donors (Lipinski definition) is 0. The predicted octanol–water partition coefficient (Wildman–Crippen LogP) is 1.16. The zero-order valence-electron chi connectivity index (χ0n) is 10.8. The lowest BCUT2D eigenvalue weighted by molar-refractivity contribution is -0.123. The van der Waals surface area contributed by atoms with Gasteiger partial charge in [-0.2, -0.15) is 0 Å². The van der Waals surface area contributed by atoms with Gasteiger partial charge in [0, 0.05) is 31.5 Å². The van der Waals surface area contributed by atoms with Crippen molar-refractivity contribution in [2.45, 2.75) is 12.8 Å². The summed E-state index contributed by atoms with van der Waals surface area (Å²) in [5, 5.41) is 0. The number of nitrogens with zero attached hydrogens (tertiary/aromatic N) is 2. The molecule has 0 spiro atoms. The molecule has 1 saturated heterocycles. The Balaban J connectivity index is 1.71. The van der Waals surface area contributed by atoms with Crippen LogP contribution in [-0.4, -0.2) is 49.0 Å². The number of aromatic nitrogens is 1. The van der Waals surface area contributed by atoms with Crippen LogP contribution >= 0.6 is 0 Å². The second-order valence-electron chi connectivity index (χ2n) is 4.87. The van der Waals surface area contributed by atoms with Crippen molar-refractivity contribution < 1.29 is 9.53 Å². The number of ketones is 1. The molecular weight excluding hydrogens is 228 g/mol. The zero-order chi connectivity index (χ0) is 12.8. The van der Waals surface area contributed by atoms with E-state index in [4.69, 9.17) is 4.74 Å². The van der Waals surface area contributed by atoms with Gasteiger partial charge in [0.05, 0.1) is 13.2 Å². The summed E-state index contributed by atoms with van der Waals surface area (Å²) >= 11 is 0. The molecule has 0 radical (unpaired) electrons. The van der Waals surface area contributed by atoms with Crippen LogP contribution in [-0.2, 0) is 16.0 Å². The molecule has 4 nitrogen and oxygen atoms in total. The van der Waals surface area contributed by atoms with Crippen LogP contribution in [0.5, 0.6) is 0 Å². The number of carbonyl (C=O) groups is 1. The fourth-order valence-electron chi connectivity index (χ4n) is 2.13. The molecule has 0 amide bonds. The van der Waals surface area contributed by atoms with Gasteiger partial charge in [-0.15, -0.1) is 0 Å². The van der Waals surface area contributed by atoms with Crippen molar-refractivity contribution in [2.24, 2.45) is 5.92 Å². The van der Waals surface area contributed by atoms with E-state index >= 15 is 0 Å².